The van der Waals surface area contributed by atoms with Crippen molar-refractivity contribution in [2.24, 2.45) is 5.92 Å². The molecule has 4 aromatic carbocycles. The van der Waals surface area contributed by atoms with E-state index in [1.807, 2.05) is 0 Å². The third-order valence-corrected chi connectivity index (χ3v) is 13.0. The molecule has 2 heteroatoms. The molecule has 0 nitrogen and oxygen atoms in total. The number of benzene rings is 4. The highest BCUT2D eigenvalue weighted by Gasteiger charge is 2.45. The second kappa shape index (κ2) is 13.6. The van der Waals surface area contributed by atoms with Gasteiger partial charge in [0, 0.05) is 5.66 Å². The summed E-state index contributed by atoms with van der Waals surface area (Å²) in [6, 6.07) is 44.7. The standard InChI is InChI=1S/C38H34P2/c1-30(31-17-14-15-18-31)29-38(40(34-23-10-4-11-24-34)35-25-12-5-13-26-35)36-27-16-28-37(36)39(32-19-6-2-7-20-32)33-21-8-3-9-22-33/h2-28,30,38H,29H2,1H3/t30-,38-/m1/s1. The molecule has 0 heterocycles. The van der Waals surface area contributed by atoms with Gasteiger partial charge < -0.3 is 0 Å². The first-order valence-corrected chi connectivity index (χ1v) is 16.8. The van der Waals surface area contributed by atoms with E-state index in [2.05, 4.69) is 173 Å². The molecule has 6 rings (SSSR count). The average molecular weight is 553 g/mol. The molecule has 0 N–H and O–H groups in total. The molecule has 10 radical (unpaired) electrons. The second-order valence-corrected chi connectivity index (χ2v) is 14.9. The van der Waals surface area contributed by atoms with Crippen molar-refractivity contribution in [3.05, 3.63) is 184 Å². The molecule has 40 heavy (non-hydrogen) atoms. The van der Waals surface area contributed by atoms with Crippen LogP contribution in [0.3, 0.4) is 0 Å². The van der Waals surface area contributed by atoms with E-state index in [1.165, 1.54) is 38.7 Å². The first-order valence-electron chi connectivity index (χ1n) is 14.1. The quantitative estimate of drug-likeness (QED) is 0.176. The molecule has 2 fully saturated rings. The lowest BCUT2D eigenvalue weighted by molar-refractivity contribution is 0.568. The zero-order valence-corrected chi connectivity index (χ0v) is 24.6. The Labute approximate surface area is 245 Å². The highest BCUT2D eigenvalue weighted by Crippen LogP contribution is 2.62. The SMILES string of the molecule is C[C@H](C[C@H]([C]1[CH][CH][CH][C]1P(c1ccccc1)c1ccccc1)P(c1ccccc1)c1ccccc1)[C]1[CH][CH][CH][CH]1. The van der Waals surface area contributed by atoms with E-state index in [9.17, 15) is 0 Å². The Kier molecular flexibility index (Phi) is 9.48. The highest BCUT2D eigenvalue weighted by atomic mass is 31.1. The topological polar surface area (TPSA) is 0 Å². The maximum absolute atomic E-state index is 2.43. The predicted octanol–water partition coefficient (Wildman–Crippen LogP) is 7.79. The van der Waals surface area contributed by atoms with Gasteiger partial charge in [0.15, 0.2) is 0 Å². The van der Waals surface area contributed by atoms with Gasteiger partial charge in [-0.15, -0.1) is 0 Å². The molecule has 2 saturated carbocycles. The van der Waals surface area contributed by atoms with E-state index in [4.69, 9.17) is 0 Å². The molecule has 2 aliphatic rings. The molecule has 0 saturated heterocycles. The minimum atomic E-state index is -0.684. The molecule has 2 aliphatic carbocycles. The Hall–Kier alpha value is -2.26. The minimum absolute atomic E-state index is 0.382. The van der Waals surface area contributed by atoms with Crippen LogP contribution in [0.5, 0.6) is 0 Å². The summed E-state index contributed by atoms with van der Waals surface area (Å²) in [5.41, 5.74) is 1.87. The van der Waals surface area contributed by atoms with E-state index in [0.717, 1.165) is 6.42 Å². The van der Waals surface area contributed by atoms with Gasteiger partial charge in [-0.05, 0) is 112 Å². The first-order chi connectivity index (χ1) is 19.8. The second-order valence-electron chi connectivity index (χ2n) is 10.3. The van der Waals surface area contributed by atoms with Crippen LogP contribution in [0.2, 0.25) is 0 Å². The summed E-state index contributed by atoms with van der Waals surface area (Å²) < 4.78 is 0. The normalized spacial score (nSPS) is 18.5. The van der Waals surface area contributed by atoms with Crippen LogP contribution < -0.4 is 21.2 Å². The predicted molar refractivity (Wildman–Crippen MR) is 176 cm³/mol. The van der Waals surface area contributed by atoms with Crippen LogP contribution in [0.25, 0.3) is 0 Å². The smallest absolute Gasteiger partial charge is 0.0201 e. The van der Waals surface area contributed by atoms with Crippen LogP contribution >= 0.6 is 15.8 Å². The van der Waals surface area contributed by atoms with Gasteiger partial charge >= 0.3 is 0 Å². The monoisotopic (exact) mass is 552 g/mol. The Balaban J connectivity index is 1.45. The van der Waals surface area contributed by atoms with Crippen molar-refractivity contribution in [2.45, 2.75) is 19.0 Å². The van der Waals surface area contributed by atoms with Crippen LogP contribution in [0.15, 0.2) is 121 Å². The Morgan fingerprint density at radius 2 is 0.950 bits per heavy atom. The molecular weight excluding hydrogens is 518 g/mol. The van der Waals surface area contributed by atoms with Crippen LogP contribution in [0, 0.1) is 68.4 Å². The molecule has 2 atom stereocenters. The number of rotatable bonds is 10. The lowest BCUT2D eigenvalue weighted by Gasteiger charge is -2.40. The fraction of sp³-hybridized carbons (Fsp3) is 0.105. The summed E-state index contributed by atoms with van der Waals surface area (Å²) >= 11 is 0. The fourth-order valence-electron chi connectivity index (χ4n) is 5.74. The van der Waals surface area contributed by atoms with Crippen molar-refractivity contribution in [2.75, 3.05) is 0 Å². The van der Waals surface area contributed by atoms with Gasteiger partial charge in [0.05, 0.1) is 0 Å². The maximum Gasteiger partial charge on any atom is 0.0201 e. The summed E-state index contributed by atoms with van der Waals surface area (Å²) in [6.07, 6.45) is 17.2. The Morgan fingerprint density at radius 3 is 1.43 bits per heavy atom. The van der Waals surface area contributed by atoms with Gasteiger partial charge in [-0.3, -0.25) is 0 Å². The van der Waals surface area contributed by atoms with Gasteiger partial charge in [0.1, 0.15) is 0 Å². The van der Waals surface area contributed by atoms with Crippen molar-refractivity contribution >= 4 is 37.1 Å². The molecule has 4 aromatic rings. The average Bonchev–Trinajstić information content (AvgIpc) is 3.73. The molecule has 0 aliphatic heterocycles. The van der Waals surface area contributed by atoms with E-state index in [-0.39, 0.29) is 0 Å². The van der Waals surface area contributed by atoms with E-state index in [0.29, 0.717) is 11.6 Å². The lowest BCUT2D eigenvalue weighted by Crippen LogP contribution is -2.32. The zero-order chi connectivity index (χ0) is 27.1. The molecule has 0 bridgehead atoms. The molecule has 0 amide bonds. The van der Waals surface area contributed by atoms with Crippen molar-refractivity contribution in [1.82, 2.24) is 0 Å². The fourth-order valence-corrected chi connectivity index (χ4v) is 11.4. The zero-order valence-electron chi connectivity index (χ0n) is 22.8. The number of hydrogen-bond donors (Lipinski definition) is 0. The van der Waals surface area contributed by atoms with Gasteiger partial charge in [0.2, 0.25) is 0 Å². The molecular formula is C38H34P2. The molecule has 0 aromatic heterocycles. The summed E-state index contributed by atoms with van der Waals surface area (Å²) in [4.78, 5) is 0. The van der Waals surface area contributed by atoms with Crippen molar-refractivity contribution < 1.29 is 0 Å². The maximum atomic E-state index is 2.43. The van der Waals surface area contributed by atoms with Crippen molar-refractivity contribution in [3.8, 4) is 0 Å². The van der Waals surface area contributed by atoms with Crippen LogP contribution in [-0.2, 0) is 0 Å². The van der Waals surface area contributed by atoms with Crippen LogP contribution in [-0.4, -0.2) is 5.66 Å². The van der Waals surface area contributed by atoms with Crippen LogP contribution in [0.4, 0.5) is 0 Å². The van der Waals surface area contributed by atoms with E-state index < -0.39 is 15.8 Å². The largest absolute Gasteiger partial charge is 0.0622 e. The van der Waals surface area contributed by atoms with Crippen molar-refractivity contribution in [1.29, 1.82) is 0 Å². The van der Waals surface area contributed by atoms with Gasteiger partial charge in [0.25, 0.3) is 0 Å². The van der Waals surface area contributed by atoms with Crippen LogP contribution in [0.1, 0.15) is 13.3 Å². The van der Waals surface area contributed by atoms with Gasteiger partial charge in [-0.2, -0.15) is 0 Å². The van der Waals surface area contributed by atoms with Crippen molar-refractivity contribution in [3.63, 3.8) is 0 Å². The third kappa shape index (κ3) is 6.30. The summed E-state index contributed by atoms with van der Waals surface area (Å²) in [7, 11) is -1.33. The molecule has 196 valence electrons. The van der Waals surface area contributed by atoms with Gasteiger partial charge in [-0.25, -0.2) is 0 Å². The first kappa shape index (κ1) is 27.9. The molecule has 0 unspecified atom stereocenters. The van der Waals surface area contributed by atoms with E-state index in [1.54, 1.807) is 0 Å². The lowest BCUT2D eigenvalue weighted by atomic mass is 9.85. The van der Waals surface area contributed by atoms with E-state index >= 15 is 0 Å². The summed E-state index contributed by atoms with van der Waals surface area (Å²) in [6.45, 7) is 2.41. The van der Waals surface area contributed by atoms with Gasteiger partial charge in [-0.1, -0.05) is 128 Å². The Morgan fingerprint density at radius 1 is 0.500 bits per heavy atom. The summed E-state index contributed by atoms with van der Waals surface area (Å²) in [5, 5.41) is 5.70. The Bertz CT molecular complexity index is 1210. The minimum Gasteiger partial charge on any atom is -0.0622 e. The third-order valence-electron chi connectivity index (χ3n) is 7.67. The summed E-state index contributed by atoms with van der Waals surface area (Å²) in [5.74, 6) is 3.40. The number of hydrogen-bond acceptors (Lipinski definition) is 0. The highest BCUT2D eigenvalue weighted by molar-refractivity contribution is 7.76. The molecule has 0 spiro atoms.